The molecule has 0 aliphatic carbocycles. The van der Waals surface area contributed by atoms with E-state index >= 15 is 0 Å². The summed E-state index contributed by atoms with van der Waals surface area (Å²) in [6.45, 7) is 3.73. The molecule has 18 heavy (non-hydrogen) atoms. The molecule has 1 unspecified atom stereocenters. The predicted octanol–water partition coefficient (Wildman–Crippen LogP) is 2.47. The van der Waals surface area contributed by atoms with Gasteiger partial charge in [-0.1, -0.05) is 26.7 Å². The lowest BCUT2D eigenvalue weighted by molar-refractivity contribution is -0.123. The van der Waals surface area contributed by atoms with Gasteiger partial charge in [-0.15, -0.1) is 12.3 Å². The van der Waals surface area contributed by atoms with E-state index in [1.165, 1.54) is 0 Å². The molecule has 0 heterocycles. The first-order chi connectivity index (χ1) is 8.49. The Bertz CT molecular complexity index is 302. The van der Waals surface area contributed by atoms with E-state index in [1.54, 1.807) is 0 Å². The molecule has 3 heteroatoms. The van der Waals surface area contributed by atoms with E-state index in [0.29, 0.717) is 19.3 Å². The summed E-state index contributed by atoms with van der Waals surface area (Å²) in [5.74, 6) is 2.83. The van der Waals surface area contributed by atoms with Gasteiger partial charge in [-0.05, 0) is 12.8 Å². The summed E-state index contributed by atoms with van der Waals surface area (Å²) in [4.78, 5) is 22.9. The van der Waals surface area contributed by atoms with Gasteiger partial charge in [-0.25, -0.2) is 0 Å². The highest BCUT2D eigenvalue weighted by Gasteiger charge is 2.16. The number of carbonyl (C=O) groups excluding carboxylic acids is 2. The van der Waals surface area contributed by atoms with Crippen LogP contribution in [0.2, 0.25) is 0 Å². The first-order valence-electron chi connectivity index (χ1n) is 6.73. The Morgan fingerprint density at radius 2 is 1.83 bits per heavy atom. The van der Waals surface area contributed by atoms with Gasteiger partial charge in [-0.2, -0.15) is 0 Å². The van der Waals surface area contributed by atoms with Gasteiger partial charge in [0.2, 0.25) is 0 Å². The number of Topliss-reactive ketones (excluding diaryl/α,β-unsaturated/α-hetero) is 2. The first-order valence-corrected chi connectivity index (χ1v) is 6.73. The zero-order valence-electron chi connectivity index (χ0n) is 11.6. The molecule has 0 aromatic rings. The van der Waals surface area contributed by atoms with E-state index in [2.05, 4.69) is 5.92 Å². The third-order valence-corrected chi connectivity index (χ3v) is 2.95. The van der Waals surface area contributed by atoms with Crippen molar-refractivity contribution in [3.63, 3.8) is 0 Å². The molecular formula is C15H25NO2. The van der Waals surface area contributed by atoms with Gasteiger partial charge in [0.25, 0.3) is 0 Å². The summed E-state index contributed by atoms with van der Waals surface area (Å²) in [6.07, 6.45) is 10.1. The first kappa shape index (κ1) is 16.9. The fourth-order valence-corrected chi connectivity index (χ4v) is 1.77. The maximum absolute atomic E-state index is 11.5. The highest BCUT2D eigenvalue weighted by molar-refractivity contribution is 5.85. The number of nitrogens with two attached hydrogens (primary N) is 1. The molecule has 3 nitrogen and oxygen atoms in total. The maximum Gasteiger partial charge on any atom is 0.152 e. The smallest absolute Gasteiger partial charge is 0.152 e. The lowest BCUT2D eigenvalue weighted by Gasteiger charge is -2.12. The quantitative estimate of drug-likeness (QED) is 0.479. The number of unbranched alkanes of at least 4 members (excludes halogenated alkanes) is 2. The maximum atomic E-state index is 11.5. The van der Waals surface area contributed by atoms with E-state index < -0.39 is 0 Å². The Kier molecular flexibility index (Phi) is 9.22. The molecule has 0 fully saturated rings. The van der Waals surface area contributed by atoms with Gasteiger partial charge in [0.1, 0.15) is 5.78 Å². The summed E-state index contributed by atoms with van der Waals surface area (Å²) >= 11 is 0. The average molecular weight is 251 g/mol. The molecule has 0 rings (SSSR count). The van der Waals surface area contributed by atoms with Crippen LogP contribution in [0.3, 0.4) is 0 Å². The SMILES string of the molecule is C#CCCC(=O)CCCCCC(N)C(=O)C(C)C. The van der Waals surface area contributed by atoms with E-state index in [4.69, 9.17) is 12.2 Å². The molecule has 1 atom stereocenters. The third kappa shape index (κ3) is 8.03. The van der Waals surface area contributed by atoms with Crippen LogP contribution in [-0.2, 0) is 9.59 Å². The number of hydrogen-bond donors (Lipinski definition) is 1. The number of ketones is 2. The van der Waals surface area contributed by atoms with Crippen LogP contribution in [0.1, 0.15) is 58.8 Å². The zero-order chi connectivity index (χ0) is 14.0. The molecule has 0 spiro atoms. The summed E-state index contributed by atoms with van der Waals surface area (Å²) in [6, 6.07) is -0.345. The van der Waals surface area contributed by atoms with Crippen molar-refractivity contribution in [1.82, 2.24) is 0 Å². The Morgan fingerprint density at radius 1 is 1.17 bits per heavy atom. The van der Waals surface area contributed by atoms with Gasteiger partial charge >= 0.3 is 0 Å². The number of rotatable bonds is 10. The Hall–Kier alpha value is -1.14. The number of terminal acetylenes is 1. The van der Waals surface area contributed by atoms with E-state index in [-0.39, 0.29) is 23.5 Å². The van der Waals surface area contributed by atoms with Crippen molar-refractivity contribution in [3.8, 4) is 12.3 Å². The lowest BCUT2D eigenvalue weighted by Crippen LogP contribution is -2.33. The number of hydrogen-bond acceptors (Lipinski definition) is 3. The number of carbonyl (C=O) groups is 2. The van der Waals surface area contributed by atoms with Crippen LogP contribution in [0.15, 0.2) is 0 Å². The largest absolute Gasteiger partial charge is 0.321 e. The Balaban J connectivity index is 3.54. The van der Waals surface area contributed by atoms with Gasteiger partial charge in [-0.3, -0.25) is 9.59 Å². The Morgan fingerprint density at radius 3 is 2.39 bits per heavy atom. The molecule has 0 aliphatic heterocycles. The highest BCUT2D eigenvalue weighted by Crippen LogP contribution is 2.09. The molecule has 0 saturated heterocycles. The summed E-state index contributed by atoms with van der Waals surface area (Å²) in [7, 11) is 0. The average Bonchev–Trinajstić information content (AvgIpc) is 2.34. The molecule has 0 saturated carbocycles. The minimum atomic E-state index is -0.345. The second kappa shape index (κ2) is 9.85. The summed E-state index contributed by atoms with van der Waals surface area (Å²) in [5.41, 5.74) is 5.79. The monoisotopic (exact) mass is 251 g/mol. The third-order valence-electron chi connectivity index (χ3n) is 2.95. The second-order valence-corrected chi connectivity index (χ2v) is 5.01. The van der Waals surface area contributed by atoms with Crippen LogP contribution in [-0.4, -0.2) is 17.6 Å². The van der Waals surface area contributed by atoms with Gasteiger partial charge in [0, 0.05) is 25.2 Å². The van der Waals surface area contributed by atoms with Crippen LogP contribution >= 0.6 is 0 Å². The molecule has 2 N–H and O–H groups in total. The molecule has 102 valence electrons. The predicted molar refractivity (Wildman–Crippen MR) is 74.0 cm³/mol. The second-order valence-electron chi connectivity index (χ2n) is 5.01. The molecule has 0 bridgehead atoms. The van der Waals surface area contributed by atoms with Crippen molar-refractivity contribution in [2.45, 2.75) is 64.8 Å². The van der Waals surface area contributed by atoms with Gasteiger partial charge in [0.15, 0.2) is 5.78 Å². The van der Waals surface area contributed by atoms with E-state index in [9.17, 15) is 9.59 Å². The molecule has 0 aromatic heterocycles. The zero-order valence-corrected chi connectivity index (χ0v) is 11.6. The van der Waals surface area contributed by atoms with Crippen LogP contribution in [0.5, 0.6) is 0 Å². The van der Waals surface area contributed by atoms with Gasteiger partial charge in [0.05, 0.1) is 6.04 Å². The van der Waals surface area contributed by atoms with Crippen molar-refractivity contribution in [2.75, 3.05) is 0 Å². The van der Waals surface area contributed by atoms with Crippen molar-refractivity contribution in [2.24, 2.45) is 11.7 Å². The minimum Gasteiger partial charge on any atom is -0.321 e. The van der Waals surface area contributed by atoms with Crippen molar-refractivity contribution in [1.29, 1.82) is 0 Å². The molecule has 0 amide bonds. The highest BCUT2D eigenvalue weighted by atomic mass is 16.1. The normalized spacial score (nSPS) is 12.2. The van der Waals surface area contributed by atoms with Crippen LogP contribution in [0, 0.1) is 18.3 Å². The van der Waals surface area contributed by atoms with Crippen LogP contribution < -0.4 is 5.73 Å². The molecule has 0 aromatic carbocycles. The standard InChI is InChI=1S/C15H25NO2/c1-4-5-9-13(17)10-7-6-8-11-14(16)15(18)12(2)3/h1,12,14H,5-11,16H2,2-3H3. The molecule has 0 aliphatic rings. The van der Waals surface area contributed by atoms with Crippen LogP contribution in [0.4, 0.5) is 0 Å². The molecule has 0 radical (unpaired) electrons. The van der Waals surface area contributed by atoms with Crippen LogP contribution in [0.25, 0.3) is 0 Å². The fourth-order valence-electron chi connectivity index (χ4n) is 1.77. The van der Waals surface area contributed by atoms with Crippen molar-refractivity contribution < 1.29 is 9.59 Å². The van der Waals surface area contributed by atoms with Crippen molar-refractivity contribution >= 4 is 11.6 Å². The summed E-state index contributed by atoms with van der Waals surface area (Å²) < 4.78 is 0. The van der Waals surface area contributed by atoms with E-state index in [0.717, 1.165) is 25.7 Å². The molecular weight excluding hydrogens is 226 g/mol. The lowest BCUT2D eigenvalue weighted by atomic mass is 9.97. The fraction of sp³-hybridized carbons (Fsp3) is 0.733. The Labute approximate surface area is 111 Å². The van der Waals surface area contributed by atoms with Crippen molar-refractivity contribution in [3.05, 3.63) is 0 Å². The summed E-state index contributed by atoms with van der Waals surface area (Å²) in [5, 5.41) is 0. The van der Waals surface area contributed by atoms with E-state index in [1.807, 2.05) is 13.8 Å². The topological polar surface area (TPSA) is 60.2 Å². The minimum absolute atomic E-state index is 0.00494. The van der Waals surface area contributed by atoms with Gasteiger partial charge < -0.3 is 5.73 Å².